The zero-order valence-electron chi connectivity index (χ0n) is 14.7. The summed E-state index contributed by atoms with van der Waals surface area (Å²) in [5, 5.41) is 21.2. The number of ether oxygens (including phenoxy) is 2. The first-order valence-corrected chi connectivity index (χ1v) is 7.97. The van der Waals surface area contributed by atoms with Gasteiger partial charge in [-0.3, -0.25) is 4.79 Å². The van der Waals surface area contributed by atoms with Crippen LogP contribution in [0.4, 0.5) is 0 Å². The number of carbonyl (C=O) groups excluding carboxylic acids is 1. The molecule has 6 nitrogen and oxygen atoms in total. The largest absolute Gasteiger partial charge is 0.508 e. The molecule has 2 N–H and O–H groups in total. The van der Waals surface area contributed by atoms with Gasteiger partial charge in [-0.1, -0.05) is 18.2 Å². The van der Waals surface area contributed by atoms with Gasteiger partial charge in [-0.25, -0.2) is 0 Å². The third kappa shape index (κ3) is 5.02. The summed E-state index contributed by atoms with van der Waals surface area (Å²) in [7, 11) is 3.14. The standard InChI is InChI=1S/C20H20N2O4/c1-25-18-8-5-15(12-19(18)26-2)9-10-22-20(24)16(13-21)11-14-3-6-17(23)7-4-14/h3-8,11-12,23H,9-10H2,1-2H3,(H,22,24)/b16-11+. The number of carbonyl (C=O) groups is 1. The lowest BCUT2D eigenvalue weighted by molar-refractivity contribution is -0.117. The third-order valence-corrected chi connectivity index (χ3v) is 3.72. The van der Waals surface area contributed by atoms with Crippen molar-refractivity contribution in [1.82, 2.24) is 5.32 Å². The molecule has 134 valence electrons. The van der Waals surface area contributed by atoms with Crippen LogP contribution in [0.15, 0.2) is 48.0 Å². The van der Waals surface area contributed by atoms with Gasteiger partial charge in [0.2, 0.25) is 0 Å². The molecule has 0 bridgehead atoms. The van der Waals surface area contributed by atoms with E-state index in [2.05, 4.69) is 5.32 Å². The second-order valence-electron chi connectivity index (χ2n) is 5.46. The molecular formula is C20H20N2O4. The van der Waals surface area contributed by atoms with Crippen LogP contribution in [-0.2, 0) is 11.2 Å². The Morgan fingerprint density at radius 1 is 1.15 bits per heavy atom. The highest BCUT2D eigenvalue weighted by Crippen LogP contribution is 2.27. The molecule has 0 fully saturated rings. The van der Waals surface area contributed by atoms with Gasteiger partial charge >= 0.3 is 0 Å². The minimum absolute atomic E-state index is 0.00278. The smallest absolute Gasteiger partial charge is 0.261 e. The molecule has 0 spiro atoms. The van der Waals surface area contributed by atoms with Gasteiger partial charge in [0.25, 0.3) is 5.91 Å². The van der Waals surface area contributed by atoms with Crippen LogP contribution in [-0.4, -0.2) is 31.8 Å². The quantitative estimate of drug-likeness (QED) is 0.590. The SMILES string of the molecule is COc1ccc(CCNC(=O)/C(C#N)=C/c2ccc(O)cc2)cc1OC. The van der Waals surface area contributed by atoms with E-state index in [0.29, 0.717) is 30.0 Å². The van der Waals surface area contributed by atoms with Crippen molar-refractivity contribution in [3.63, 3.8) is 0 Å². The van der Waals surface area contributed by atoms with E-state index in [1.165, 1.54) is 18.2 Å². The Morgan fingerprint density at radius 2 is 1.85 bits per heavy atom. The van der Waals surface area contributed by atoms with E-state index in [1.807, 2.05) is 18.2 Å². The molecule has 0 aliphatic heterocycles. The number of phenols is 1. The maximum absolute atomic E-state index is 12.2. The Morgan fingerprint density at radius 3 is 2.46 bits per heavy atom. The van der Waals surface area contributed by atoms with E-state index in [9.17, 15) is 15.2 Å². The molecule has 1 amide bonds. The first kappa shape index (κ1) is 18.9. The number of nitrogens with one attached hydrogen (secondary N) is 1. The average Bonchev–Trinajstić information content (AvgIpc) is 2.67. The number of phenolic OH excluding ortho intramolecular Hbond substituents is 1. The first-order chi connectivity index (χ1) is 12.6. The van der Waals surface area contributed by atoms with Crippen molar-refractivity contribution in [2.75, 3.05) is 20.8 Å². The second kappa shape index (κ2) is 9.14. The van der Waals surface area contributed by atoms with E-state index in [4.69, 9.17) is 9.47 Å². The average molecular weight is 352 g/mol. The minimum atomic E-state index is -0.443. The highest BCUT2D eigenvalue weighted by Gasteiger charge is 2.09. The van der Waals surface area contributed by atoms with Crippen molar-refractivity contribution in [2.24, 2.45) is 0 Å². The lowest BCUT2D eigenvalue weighted by atomic mass is 10.1. The molecule has 0 saturated carbocycles. The van der Waals surface area contributed by atoms with Gasteiger partial charge in [0, 0.05) is 6.54 Å². The minimum Gasteiger partial charge on any atom is -0.508 e. The molecule has 0 aromatic heterocycles. The predicted molar refractivity (Wildman–Crippen MR) is 98.0 cm³/mol. The fourth-order valence-electron chi connectivity index (χ4n) is 2.34. The molecule has 2 aromatic rings. The van der Waals surface area contributed by atoms with Crippen LogP contribution >= 0.6 is 0 Å². The third-order valence-electron chi connectivity index (χ3n) is 3.72. The van der Waals surface area contributed by atoms with Gasteiger partial charge < -0.3 is 19.9 Å². The number of benzene rings is 2. The highest BCUT2D eigenvalue weighted by atomic mass is 16.5. The summed E-state index contributed by atoms with van der Waals surface area (Å²) in [6, 6.07) is 13.7. The molecule has 0 saturated heterocycles. The molecule has 0 aliphatic carbocycles. The zero-order chi connectivity index (χ0) is 18.9. The van der Waals surface area contributed by atoms with Crippen LogP contribution in [0.1, 0.15) is 11.1 Å². The zero-order valence-corrected chi connectivity index (χ0v) is 14.7. The Balaban J connectivity index is 1.97. The van der Waals surface area contributed by atoms with Crippen molar-refractivity contribution in [3.05, 3.63) is 59.2 Å². The Labute approximate surface area is 152 Å². The van der Waals surface area contributed by atoms with Crippen LogP contribution < -0.4 is 14.8 Å². The summed E-state index contributed by atoms with van der Waals surface area (Å²) in [5.41, 5.74) is 1.64. The number of nitriles is 1. The van der Waals surface area contributed by atoms with Crippen molar-refractivity contribution < 1.29 is 19.4 Å². The van der Waals surface area contributed by atoms with Crippen LogP contribution in [0.2, 0.25) is 0 Å². The molecule has 0 unspecified atom stereocenters. The lowest BCUT2D eigenvalue weighted by Gasteiger charge is -2.10. The Hall–Kier alpha value is -3.46. The lowest BCUT2D eigenvalue weighted by Crippen LogP contribution is -2.26. The Kier molecular flexibility index (Phi) is 6.63. The van der Waals surface area contributed by atoms with Crippen LogP contribution in [0, 0.1) is 11.3 Å². The molecule has 0 aliphatic rings. The molecule has 6 heteroatoms. The summed E-state index contributed by atoms with van der Waals surface area (Å²) in [5.74, 6) is 0.950. The van der Waals surface area contributed by atoms with Crippen molar-refractivity contribution >= 4 is 12.0 Å². The topological polar surface area (TPSA) is 91.6 Å². The molecule has 2 aromatic carbocycles. The van der Waals surface area contributed by atoms with E-state index in [1.54, 1.807) is 32.4 Å². The number of rotatable bonds is 7. The summed E-state index contributed by atoms with van der Waals surface area (Å²) in [6.07, 6.45) is 2.06. The number of methoxy groups -OCH3 is 2. The van der Waals surface area contributed by atoms with Crippen LogP contribution in [0.3, 0.4) is 0 Å². The fourth-order valence-corrected chi connectivity index (χ4v) is 2.34. The van der Waals surface area contributed by atoms with Crippen molar-refractivity contribution in [3.8, 4) is 23.3 Å². The summed E-state index contributed by atoms with van der Waals surface area (Å²) in [6.45, 7) is 0.378. The second-order valence-corrected chi connectivity index (χ2v) is 5.46. The number of nitrogens with zero attached hydrogens (tertiary/aromatic N) is 1. The summed E-state index contributed by atoms with van der Waals surface area (Å²) in [4.78, 5) is 12.2. The monoisotopic (exact) mass is 352 g/mol. The molecule has 2 rings (SSSR count). The predicted octanol–water partition coefficient (Wildman–Crippen LogP) is 2.68. The van der Waals surface area contributed by atoms with Gasteiger partial charge in [-0.15, -0.1) is 0 Å². The van der Waals surface area contributed by atoms with Gasteiger partial charge in [0.1, 0.15) is 17.4 Å². The highest BCUT2D eigenvalue weighted by molar-refractivity contribution is 6.01. The normalized spacial score (nSPS) is 10.7. The van der Waals surface area contributed by atoms with Crippen molar-refractivity contribution in [1.29, 1.82) is 5.26 Å². The molecule has 0 radical (unpaired) electrons. The molecule has 26 heavy (non-hydrogen) atoms. The Bertz CT molecular complexity index is 836. The summed E-state index contributed by atoms with van der Waals surface area (Å²) >= 11 is 0. The first-order valence-electron chi connectivity index (χ1n) is 7.97. The van der Waals surface area contributed by atoms with E-state index in [0.717, 1.165) is 5.56 Å². The van der Waals surface area contributed by atoms with Crippen molar-refractivity contribution in [2.45, 2.75) is 6.42 Å². The van der Waals surface area contributed by atoms with Gasteiger partial charge in [0.05, 0.1) is 14.2 Å². The molecular weight excluding hydrogens is 332 g/mol. The number of hydrogen-bond acceptors (Lipinski definition) is 5. The van der Waals surface area contributed by atoms with E-state index >= 15 is 0 Å². The number of amides is 1. The fraction of sp³-hybridized carbons (Fsp3) is 0.200. The van der Waals surface area contributed by atoms with Crippen LogP contribution in [0.25, 0.3) is 6.08 Å². The number of aromatic hydroxyl groups is 1. The van der Waals surface area contributed by atoms with E-state index in [-0.39, 0.29) is 11.3 Å². The van der Waals surface area contributed by atoms with Crippen LogP contribution in [0.5, 0.6) is 17.2 Å². The maximum Gasteiger partial charge on any atom is 0.261 e. The van der Waals surface area contributed by atoms with Gasteiger partial charge in [0.15, 0.2) is 11.5 Å². The van der Waals surface area contributed by atoms with Gasteiger partial charge in [-0.2, -0.15) is 5.26 Å². The number of hydrogen-bond donors (Lipinski definition) is 2. The summed E-state index contributed by atoms with van der Waals surface area (Å²) < 4.78 is 10.4. The van der Waals surface area contributed by atoms with Gasteiger partial charge in [-0.05, 0) is 47.9 Å². The molecule has 0 heterocycles. The molecule has 0 atom stereocenters. The van der Waals surface area contributed by atoms with E-state index < -0.39 is 5.91 Å². The maximum atomic E-state index is 12.2.